The molecule has 5 heteroatoms. The number of morpholine rings is 1. The van der Waals surface area contributed by atoms with E-state index in [4.69, 9.17) is 4.74 Å². The second-order valence-electron chi connectivity index (χ2n) is 5.36. The van der Waals surface area contributed by atoms with Gasteiger partial charge in [0.25, 0.3) is 0 Å². The van der Waals surface area contributed by atoms with Gasteiger partial charge in [-0.3, -0.25) is 0 Å². The van der Waals surface area contributed by atoms with Crippen molar-refractivity contribution >= 4 is 16.7 Å². The number of anilines is 1. The number of aromatic amines is 1. The first kappa shape index (κ1) is 13.2. The maximum atomic E-state index is 10.4. The summed E-state index contributed by atoms with van der Waals surface area (Å²) in [5.41, 5.74) is 3.58. The van der Waals surface area contributed by atoms with Crippen LogP contribution in [0.1, 0.15) is 0 Å². The van der Waals surface area contributed by atoms with Gasteiger partial charge >= 0.3 is 0 Å². The van der Waals surface area contributed by atoms with Crippen LogP contribution in [0.3, 0.4) is 0 Å². The van der Waals surface area contributed by atoms with E-state index in [0.717, 1.165) is 40.9 Å². The van der Waals surface area contributed by atoms with E-state index in [1.807, 2.05) is 18.2 Å². The SMILES string of the molecule is Oc1cc(-c2cnc3[nH]c[c]c3c2)ccc1N1CCOCC1. The number of nitrogens with zero attached hydrogens (tertiary/aromatic N) is 2. The standard InChI is InChI=1S/C17H16N3O2/c21-16-10-12(1-2-15(16)20-5-7-22-8-6-20)14-9-13-3-4-18-17(13)19-11-14/h1-2,4,9-11,21H,5-8H2,(H,18,19). The molecular formula is C17H16N3O2. The molecule has 1 radical (unpaired) electrons. The maximum absolute atomic E-state index is 10.4. The Balaban J connectivity index is 1.68. The van der Waals surface area contributed by atoms with Crippen molar-refractivity contribution in [3.05, 3.63) is 42.7 Å². The molecule has 5 nitrogen and oxygen atoms in total. The summed E-state index contributed by atoms with van der Waals surface area (Å²) < 4.78 is 5.35. The number of fused-ring (bicyclic) bond motifs is 1. The highest BCUT2D eigenvalue weighted by Gasteiger charge is 2.15. The van der Waals surface area contributed by atoms with Crippen LogP contribution >= 0.6 is 0 Å². The van der Waals surface area contributed by atoms with Gasteiger partial charge in [-0.05, 0) is 23.8 Å². The van der Waals surface area contributed by atoms with E-state index in [1.165, 1.54) is 0 Å². The van der Waals surface area contributed by atoms with Gasteiger partial charge in [0.2, 0.25) is 0 Å². The van der Waals surface area contributed by atoms with E-state index in [1.54, 1.807) is 18.5 Å². The van der Waals surface area contributed by atoms with Crippen molar-refractivity contribution in [2.75, 3.05) is 31.2 Å². The average Bonchev–Trinajstić information content (AvgIpc) is 3.03. The average molecular weight is 294 g/mol. The first-order valence-corrected chi connectivity index (χ1v) is 7.32. The number of ether oxygens (including phenoxy) is 1. The Hall–Kier alpha value is -2.53. The smallest absolute Gasteiger partial charge is 0.139 e. The molecule has 1 aliphatic heterocycles. The van der Waals surface area contributed by atoms with Crippen molar-refractivity contribution in [2.45, 2.75) is 0 Å². The van der Waals surface area contributed by atoms with Crippen LogP contribution in [0.15, 0.2) is 36.7 Å². The first-order valence-electron chi connectivity index (χ1n) is 7.32. The van der Waals surface area contributed by atoms with Gasteiger partial charge < -0.3 is 19.7 Å². The number of aromatic hydroxyl groups is 1. The lowest BCUT2D eigenvalue weighted by atomic mass is 10.1. The zero-order valence-corrected chi connectivity index (χ0v) is 12.0. The molecule has 0 unspecified atom stereocenters. The molecule has 1 fully saturated rings. The summed E-state index contributed by atoms with van der Waals surface area (Å²) in [4.78, 5) is 9.53. The molecule has 0 spiro atoms. The summed E-state index contributed by atoms with van der Waals surface area (Å²) in [6.07, 6.45) is 3.55. The maximum Gasteiger partial charge on any atom is 0.139 e. The van der Waals surface area contributed by atoms with Gasteiger partial charge in [-0.1, -0.05) is 6.07 Å². The number of pyridine rings is 1. The predicted octanol–water partition coefficient (Wildman–Crippen LogP) is 2.57. The molecular weight excluding hydrogens is 278 g/mol. The van der Waals surface area contributed by atoms with Crippen LogP contribution in [0.5, 0.6) is 5.75 Å². The largest absolute Gasteiger partial charge is 0.506 e. The van der Waals surface area contributed by atoms with E-state index in [9.17, 15) is 5.11 Å². The number of aromatic nitrogens is 2. The number of hydrogen-bond acceptors (Lipinski definition) is 4. The number of benzene rings is 1. The molecule has 1 aliphatic rings. The molecule has 1 aromatic carbocycles. The van der Waals surface area contributed by atoms with Crippen LogP contribution in [0.2, 0.25) is 0 Å². The van der Waals surface area contributed by atoms with Crippen molar-refractivity contribution in [3.63, 3.8) is 0 Å². The normalized spacial score (nSPS) is 15.4. The Morgan fingerprint density at radius 2 is 2.05 bits per heavy atom. The minimum Gasteiger partial charge on any atom is -0.506 e. The van der Waals surface area contributed by atoms with Gasteiger partial charge in [0, 0.05) is 42.5 Å². The third-order valence-corrected chi connectivity index (χ3v) is 3.98. The Labute approximate surface area is 128 Å². The lowest BCUT2D eigenvalue weighted by Crippen LogP contribution is -2.36. The molecule has 3 heterocycles. The van der Waals surface area contributed by atoms with Gasteiger partial charge in [0.1, 0.15) is 11.4 Å². The minimum atomic E-state index is 0.289. The number of phenolic OH excluding ortho intramolecular Hbond substituents is 1. The highest BCUT2D eigenvalue weighted by atomic mass is 16.5. The van der Waals surface area contributed by atoms with Gasteiger partial charge in [-0.25, -0.2) is 4.98 Å². The molecule has 3 aromatic rings. The van der Waals surface area contributed by atoms with Crippen LogP contribution in [-0.2, 0) is 4.74 Å². The van der Waals surface area contributed by atoms with Crippen LogP contribution in [0, 0.1) is 6.07 Å². The quantitative estimate of drug-likeness (QED) is 0.762. The van der Waals surface area contributed by atoms with Crippen molar-refractivity contribution in [1.29, 1.82) is 0 Å². The topological polar surface area (TPSA) is 61.4 Å². The summed E-state index contributed by atoms with van der Waals surface area (Å²) in [5, 5.41) is 11.3. The second-order valence-corrected chi connectivity index (χ2v) is 5.36. The van der Waals surface area contributed by atoms with Crippen LogP contribution in [0.25, 0.3) is 22.2 Å². The molecule has 0 atom stereocenters. The molecule has 0 amide bonds. The van der Waals surface area contributed by atoms with Crippen LogP contribution in [0.4, 0.5) is 5.69 Å². The zero-order valence-electron chi connectivity index (χ0n) is 12.0. The number of hydrogen-bond donors (Lipinski definition) is 2. The van der Waals surface area contributed by atoms with Crippen molar-refractivity contribution < 1.29 is 9.84 Å². The summed E-state index contributed by atoms with van der Waals surface area (Å²) in [5.74, 6) is 0.289. The molecule has 1 saturated heterocycles. The molecule has 0 bridgehead atoms. The Bertz CT molecular complexity index is 807. The van der Waals surface area contributed by atoms with Crippen LogP contribution < -0.4 is 4.90 Å². The molecule has 2 aromatic heterocycles. The summed E-state index contributed by atoms with van der Waals surface area (Å²) >= 11 is 0. The van der Waals surface area contributed by atoms with Gasteiger partial charge in [-0.2, -0.15) is 0 Å². The Morgan fingerprint density at radius 3 is 2.86 bits per heavy atom. The summed E-state index contributed by atoms with van der Waals surface area (Å²) in [6.45, 7) is 3.01. The number of phenols is 1. The third kappa shape index (κ3) is 2.29. The Morgan fingerprint density at radius 1 is 1.18 bits per heavy atom. The minimum absolute atomic E-state index is 0.289. The monoisotopic (exact) mass is 294 g/mol. The zero-order chi connectivity index (χ0) is 14.9. The van der Waals surface area contributed by atoms with Gasteiger partial charge in [-0.15, -0.1) is 0 Å². The van der Waals surface area contributed by atoms with E-state index in [0.29, 0.717) is 13.2 Å². The van der Waals surface area contributed by atoms with Gasteiger partial charge in [0.15, 0.2) is 0 Å². The number of H-pyrrole nitrogens is 1. The lowest BCUT2D eigenvalue weighted by Gasteiger charge is -2.29. The lowest BCUT2D eigenvalue weighted by molar-refractivity contribution is 0.122. The van der Waals surface area contributed by atoms with E-state index < -0.39 is 0 Å². The fourth-order valence-electron chi connectivity index (χ4n) is 2.80. The molecule has 111 valence electrons. The molecule has 2 N–H and O–H groups in total. The van der Waals surface area contributed by atoms with Crippen LogP contribution in [-0.4, -0.2) is 41.4 Å². The highest BCUT2D eigenvalue weighted by molar-refractivity contribution is 5.81. The molecule has 0 aliphatic carbocycles. The molecule has 4 rings (SSSR count). The van der Waals surface area contributed by atoms with Gasteiger partial charge in [0.05, 0.1) is 18.9 Å². The molecule has 0 saturated carbocycles. The number of rotatable bonds is 2. The van der Waals surface area contributed by atoms with E-state index in [-0.39, 0.29) is 5.75 Å². The van der Waals surface area contributed by atoms with E-state index in [2.05, 4.69) is 20.9 Å². The predicted molar refractivity (Wildman–Crippen MR) is 85.1 cm³/mol. The fraction of sp³-hybridized carbons (Fsp3) is 0.235. The second kappa shape index (κ2) is 5.35. The Kier molecular flexibility index (Phi) is 3.20. The van der Waals surface area contributed by atoms with E-state index >= 15 is 0 Å². The highest BCUT2D eigenvalue weighted by Crippen LogP contribution is 2.33. The number of nitrogens with one attached hydrogen (secondary N) is 1. The fourth-order valence-corrected chi connectivity index (χ4v) is 2.80. The summed E-state index contributed by atoms with van der Waals surface area (Å²) in [7, 11) is 0. The summed E-state index contributed by atoms with van der Waals surface area (Å²) in [6, 6.07) is 10.9. The first-order chi connectivity index (χ1) is 10.8. The molecule has 22 heavy (non-hydrogen) atoms. The van der Waals surface area contributed by atoms with Crippen molar-refractivity contribution in [3.8, 4) is 16.9 Å². The third-order valence-electron chi connectivity index (χ3n) is 3.98. The van der Waals surface area contributed by atoms with Crippen molar-refractivity contribution in [1.82, 2.24) is 9.97 Å². The van der Waals surface area contributed by atoms with Crippen molar-refractivity contribution in [2.24, 2.45) is 0 Å².